The Balaban J connectivity index is 1.65. The SMILES string of the molecule is O=C(N/N=C\c1ccc(-c2ccc([N+](=O)[O-])cc2)o1)c1ccncc1. The molecule has 0 saturated carbocycles. The van der Waals surface area contributed by atoms with Crippen LogP contribution in [-0.2, 0) is 0 Å². The van der Waals surface area contributed by atoms with E-state index in [-0.39, 0.29) is 11.6 Å². The maximum absolute atomic E-state index is 11.8. The predicted octanol–water partition coefficient (Wildman–Crippen LogP) is 3.01. The van der Waals surface area contributed by atoms with Gasteiger partial charge in [-0.25, -0.2) is 5.43 Å². The molecule has 3 rings (SSSR count). The summed E-state index contributed by atoms with van der Waals surface area (Å²) >= 11 is 0. The molecule has 1 N–H and O–H groups in total. The average molecular weight is 336 g/mol. The molecule has 1 amide bonds. The van der Waals surface area contributed by atoms with Crippen LogP contribution in [0.15, 0.2) is 70.4 Å². The zero-order valence-corrected chi connectivity index (χ0v) is 12.8. The quantitative estimate of drug-likeness (QED) is 0.437. The number of amides is 1. The highest BCUT2D eigenvalue weighted by Gasteiger charge is 2.08. The number of pyridine rings is 1. The number of carbonyl (C=O) groups excluding carboxylic acids is 1. The fraction of sp³-hybridized carbons (Fsp3) is 0. The minimum atomic E-state index is -0.463. The number of rotatable bonds is 5. The van der Waals surface area contributed by atoms with Crippen LogP contribution in [0.3, 0.4) is 0 Å². The van der Waals surface area contributed by atoms with E-state index in [0.29, 0.717) is 22.6 Å². The lowest BCUT2D eigenvalue weighted by molar-refractivity contribution is -0.384. The van der Waals surface area contributed by atoms with Crippen LogP contribution in [0.5, 0.6) is 0 Å². The van der Waals surface area contributed by atoms with Gasteiger partial charge in [0.2, 0.25) is 0 Å². The summed E-state index contributed by atoms with van der Waals surface area (Å²) < 4.78 is 5.58. The molecule has 0 aliphatic carbocycles. The lowest BCUT2D eigenvalue weighted by atomic mass is 10.1. The fourth-order valence-corrected chi connectivity index (χ4v) is 2.05. The number of carbonyl (C=O) groups is 1. The molecule has 3 aromatic rings. The molecular formula is C17H12N4O4. The molecule has 0 aliphatic rings. The number of benzene rings is 1. The predicted molar refractivity (Wildman–Crippen MR) is 90.1 cm³/mol. The average Bonchev–Trinajstić information content (AvgIpc) is 3.11. The number of aromatic nitrogens is 1. The summed E-state index contributed by atoms with van der Waals surface area (Å²) in [6.07, 6.45) is 4.40. The molecule has 1 aromatic carbocycles. The van der Waals surface area contributed by atoms with Crippen molar-refractivity contribution in [1.82, 2.24) is 10.4 Å². The standard InChI is InChI=1S/C17H12N4O4/c22-17(13-7-9-18-10-8-13)20-19-11-15-5-6-16(25-15)12-1-3-14(4-2-12)21(23)24/h1-11H,(H,20,22)/b19-11-. The van der Waals surface area contributed by atoms with Crippen molar-refractivity contribution >= 4 is 17.8 Å². The molecule has 0 unspecified atom stereocenters. The van der Waals surface area contributed by atoms with Gasteiger partial charge in [0.1, 0.15) is 11.5 Å². The first-order valence-electron chi connectivity index (χ1n) is 7.21. The van der Waals surface area contributed by atoms with Crippen LogP contribution in [0.25, 0.3) is 11.3 Å². The van der Waals surface area contributed by atoms with E-state index >= 15 is 0 Å². The van der Waals surface area contributed by atoms with Crippen LogP contribution in [0.1, 0.15) is 16.1 Å². The summed E-state index contributed by atoms with van der Waals surface area (Å²) in [6, 6.07) is 12.5. The lowest BCUT2D eigenvalue weighted by Gasteiger charge is -1.98. The van der Waals surface area contributed by atoms with Crippen molar-refractivity contribution in [2.45, 2.75) is 0 Å². The number of nitro groups is 1. The number of hydrogen-bond donors (Lipinski definition) is 1. The Morgan fingerprint density at radius 3 is 2.52 bits per heavy atom. The molecule has 0 spiro atoms. The minimum absolute atomic E-state index is 0.0101. The number of nitro benzene ring substituents is 1. The zero-order chi connectivity index (χ0) is 17.6. The van der Waals surface area contributed by atoms with Crippen LogP contribution >= 0.6 is 0 Å². The van der Waals surface area contributed by atoms with Crippen LogP contribution < -0.4 is 5.43 Å². The van der Waals surface area contributed by atoms with Gasteiger partial charge in [0, 0.05) is 35.7 Å². The highest BCUT2D eigenvalue weighted by atomic mass is 16.6. The van der Waals surface area contributed by atoms with E-state index in [1.54, 1.807) is 36.4 Å². The summed E-state index contributed by atoms with van der Waals surface area (Å²) in [5.41, 5.74) is 3.54. The van der Waals surface area contributed by atoms with Crippen molar-refractivity contribution < 1.29 is 14.1 Å². The van der Waals surface area contributed by atoms with Crippen LogP contribution in [0, 0.1) is 10.1 Å². The second kappa shape index (κ2) is 7.18. The molecule has 0 bridgehead atoms. The summed E-state index contributed by atoms with van der Waals surface area (Å²) in [4.78, 5) is 25.8. The van der Waals surface area contributed by atoms with Gasteiger partial charge < -0.3 is 4.42 Å². The Hall–Kier alpha value is -3.81. The van der Waals surface area contributed by atoms with Crippen molar-refractivity contribution in [3.05, 3.63) is 82.4 Å². The molecule has 0 radical (unpaired) electrons. The Kier molecular flexibility index (Phi) is 4.61. The van der Waals surface area contributed by atoms with Gasteiger partial charge in [0.05, 0.1) is 11.1 Å². The largest absolute Gasteiger partial charge is 0.455 e. The van der Waals surface area contributed by atoms with Crippen molar-refractivity contribution in [2.24, 2.45) is 5.10 Å². The zero-order valence-electron chi connectivity index (χ0n) is 12.8. The molecule has 2 heterocycles. The molecule has 0 fully saturated rings. The van der Waals surface area contributed by atoms with Gasteiger partial charge in [0.25, 0.3) is 11.6 Å². The molecule has 124 valence electrons. The van der Waals surface area contributed by atoms with E-state index in [9.17, 15) is 14.9 Å². The van der Waals surface area contributed by atoms with Gasteiger partial charge in [-0.1, -0.05) is 0 Å². The Morgan fingerprint density at radius 2 is 1.84 bits per heavy atom. The third-order valence-corrected chi connectivity index (χ3v) is 3.29. The number of hydrazone groups is 1. The second-order valence-electron chi connectivity index (χ2n) is 4.94. The minimum Gasteiger partial charge on any atom is -0.455 e. The van der Waals surface area contributed by atoms with E-state index in [0.717, 1.165) is 0 Å². The summed E-state index contributed by atoms with van der Waals surface area (Å²) in [6.45, 7) is 0. The Labute approximate surface area is 142 Å². The van der Waals surface area contributed by atoms with E-state index < -0.39 is 4.92 Å². The Bertz CT molecular complexity index is 917. The molecular weight excluding hydrogens is 324 g/mol. The van der Waals surface area contributed by atoms with Crippen LogP contribution in [0.4, 0.5) is 5.69 Å². The van der Waals surface area contributed by atoms with E-state index in [4.69, 9.17) is 4.42 Å². The molecule has 2 aromatic heterocycles. The summed E-state index contributed by atoms with van der Waals surface area (Å²) in [5.74, 6) is 0.612. The fourth-order valence-electron chi connectivity index (χ4n) is 2.05. The highest BCUT2D eigenvalue weighted by Crippen LogP contribution is 2.23. The molecule has 0 saturated heterocycles. The second-order valence-corrected chi connectivity index (χ2v) is 4.94. The number of hydrogen-bond acceptors (Lipinski definition) is 6. The van der Waals surface area contributed by atoms with E-state index in [2.05, 4.69) is 15.5 Å². The number of nitrogens with zero attached hydrogens (tertiary/aromatic N) is 3. The van der Waals surface area contributed by atoms with Crippen molar-refractivity contribution in [1.29, 1.82) is 0 Å². The molecule has 0 atom stereocenters. The van der Waals surface area contributed by atoms with Crippen molar-refractivity contribution in [3.63, 3.8) is 0 Å². The highest BCUT2D eigenvalue weighted by molar-refractivity contribution is 5.94. The van der Waals surface area contributed by atoms with Crippen LogP contribution in [-0.4, -0.2) is 22.0 Å². The van der Waals surface area contributed by atoms with Gasteiger partial charge in [-0.2, -0.15) is 5.10 Å². The van der Waals surface area contributed by atoms with Gasteiger partial charge in [0.15, 0.2) is 0 Å². The number of nitrogens with one attached hydrogen (secondary N) is 1. The molecule has 0 aliphatic heterocycles. The Morgan fingerprint density at radius 1 is 1.12 bits per heavy atom. The lowest BCUT2D eigenvalue weighted by Crippen LogP contribution is -2.17. The van der Waals surface area contributed by atoms with Crippen LogP contribution in [0.2, 0.25) is 0 Å². The molecule has 8 heteroatoms. The first-order valence-corrected chi connectivity index (χ1v) is 7.21. The first kappa shape index (κ1) is 16.1. The third-order valence-electron chi connectivity index (χ3n) is 3.29. The maximum Gasteiger partial charge on any atom is 0.271 e. The van der Waals surface area contributed by atoms with Gasteiger partial charge >= 0.3 is 0 Å². The van der Waals surface area contributed by atoms with E-state index in [1.165, 1.54) is 30.7 Å². The maximum atomic E-state index is 11.8. The third kappa shape index (κ3) is 3.94. The molecule has 25 heavy (non-hydrogen) atoms. The van der Waals surface area contributed by atoms with E-state index in [1.807, 2.05) is 0 Å². The van der Waals surface area contributed by atoms with Gasteiger partial charge in [-0.3, -0.25) is 19.9 Å². The van der Waals surface area contributed by atoms with Gasteiger partial charge in [-0.15, -0.1) is 0 Å². The molecule has 8 nitrogen and oxygen atoms in total. The van der Waals surface area contributed by atoms with Crippen molar-refractivity contribution in [2.75, 3.05) is 0 Å². The monoisotopic (exact) mass is 336 g/mol. The topological polar surface area (TPSA) is 111 Å². The van der Waals surface area contributed by atoms with Gasteiger partial charge in [-0.05, 0) is 36.4 Å². The summed E-state index contributed by atoms with van der Waals surface area (Å²) in [5, 5.41) is 14.5. The van der Waals surface area contributed by atoms with Crippen molar-refractivity contribution in [3.8, 4) is 11.3 Å². The normalized spacial score (nSPS) is 10.7. The first-order chi connectivity index (χ1) is 12.1. The number of furan rings is 1. The summed E-state index contributed by atoms with van der Waals surface area (Å²) in [7, 11) is 0. The number of non-ortho nitro benzene ring substituents is 1. The smallest absolute Gasteiger partial charge is 0.271 e.